The summed E-state index contributed by atoms with van der Waals surface area (Å²) < 4.78 is 32.1. The number of carbonyl (C=O) groups is 2. The van der Waals surface area contributed by atoms with Crippen LogP contribution in [0.1, 0.15) is 65.8 Å². The van der Waals surface area contributed by atoms with Gasteiger partial charge in [0, 0.05) is 42.7 Å². The Morgan fingerprint density at radius 3 is 2.31 bits per heavy atom. The quantitative estimate of drug-likeness (QED) is 0.471. The second kappa shape index (κ2) is 12.3. The predicted molar refractivity (Wildman–Crippen MR) is 141 cm³/mol. The highest BCUT2D eigenvalue weighted by Gasteiger charge is 2.30. The van der Waals surface area contributed by atoms with Crippen LogP contribution in [0.25, 0.3) is 0 Å². The van der Waals surface area contributed by atoms with Gasteiger partial charge in [0.2, 0.25) is 10.0 Å². The van der Waals surface area contributed by atoms with Crippen LogP contribution in [-0.4, -0.2) is 61.8 Å². The van der Waals surface area contributed by atoms with Crippen molar-refractivity contribution in [3.05, 3.63) is 45.8 Å². The highest BCUT2D eigenvalue weighted by atomic mass is 35.5. The molecule has 0 bridgehead atoms. The van der Waals surface area contributed by atoms with Gasteiger partial charge in [-0.15, -0.1) is 23.7 Å². The third-order valence-corrected chi connectivity index (χ3v) is 9.18. The van der Waals surface area contributed by atoms with E-state index in [0.717, 1.165) is 23.5 Å². The van der Waals surface area contributed by atoms with E-state index >= 15 is 0 Å². The number of hydrogen-bond acceptors (Lipinski definition) is 7. The molecule has 0 aliphatic carbocycles. The molecule has 0 saturated carbocycles. The number of nitrogens with zero attached hydrogens (tertiary/aromatic N) is 2. The molecule has 0 spiro atoms. The van der Waals surface area contributed by atoms with Gasteiger partial charge >= 0.3 is 5.97 Å². The number of rotatable bonds is 9. The lowest BCUT2D eigenvalue weighted by Gasteiger charge is -2.30. The van der Waals surface area contributed by atoms with Crippen LogP contribution in [0.5, 0.6) is 0 Å². The topological polar surface area (TPSA) is 96.0 Å². The number of thiophene rings is 1. The number of sulfonamides is 1. The maximum atomic E-state index is 13.0. The summed E-state index contributed by atoms with van der Waals surface area (Å²) in [5.41, 5.74) is 1.68. The van der Waals surface area contributed by atoms with Crippen molar-refractivity contribution in [2.45, 2.75) is 58.5 Å². The third-order valence-electron chi connectivity index (χ3n) is 5.98. The summed E-state index contributed by atoms with van der Waals surface area (Å²) >= 11 is 1.40. The SMILES string of the molecule is CCOC(=O)c1c(NC(=O)c2ccc(S(=O)(=O)N(CC)CC)cc2)sc2c1CCN(C(C)C)C2.Cl. The molecule has 0 radical (unpaired) electrons. The van der Waals surface area contributed by atoms with E-state index < -0.39 is 21.9 Å². The fourth-order valence-electron chi connectivity index (χ4n) is 4.04. The van der Waals surface area contributed by atoms with E-state index in [2.05, 4.69) is 24.1 Å². The Kier molecular flexibility index (Phi) is 10.3. The Hall–Kier alpha value is -1.98. The van der Waals surface area contributed by atoms with Crippen molar-refractivity contribution in [2.75, 3.05) is 31.6 Å². The van der Waals surface area contributed by atoms with Crippen LogP contribution in [0.3, 0.4) is 0 Å². The minimum atomic E-state index is -3.60. The predicted octanol–water partition coefficient (Wildman–Crippen LogP) is 4.40. The molecular formula is C24H34ClN3O5S2. The first kappa shape index (κ1) is 29.3. The van der Waals surface area contributed by atoms with Crippen LogP contribution < -0.4 is 5.32 Å². The molecule has 2 heterocycles. The van der Waals surface area contributed by atoms with Gasteiger partial charge < -0.3 is 10.1 Å². The molecule has 194 valence electrons. The molecular weight excluding hydrogens is 510 g/mol. The fraction of sp³-hybridized carbons (Fsp3) is 0.500. The second-order valence-corrected chi connectivity index (χ2v) is 11.4. The molecule has 0 fully saturated rings. The Morgan fingerprint density at radius 1 is 1.14 bits per heavy atom. The maximum absolute atomic E-state index is 13.0. The van der Waals surface area contributed by atoms with Gasteiger partial charge in [0.25, 0.3) is 5.91 Å². The van der Waals surface area contributed by atoms with Gasteiger partial charge in [-0.1, -0.05) is 13.8 Å². The normalized spacial score (nSPS) is 13.9. The first-order chi connectivity index (χ1) is 16.1. The summed E-state index contributed by atoms with van der Waals surface area (Å²) in [6.45, 7) is 12.1. The second-order valence-electron chi connectivity index (χ2n) is 8.31. The van der Waals surface area contributed by atoms with E-state index in [9.17, 15) is 18.0 Å². The average molecular weight is 544 g/mol. The van der Waals surface area contributed by atoms with Gasteiger partial charge in [-0.25, -0.2) is 13.2 Å². The highest BCUT2D eigenvalue weighted by Crippen LogP contribution is 2.38. The number of hydrogen-bond donors (Lipinski definition) is 1. The smallest absolute Gasteiger partial charge is 0.341 e. The van der Waals surface area contributed by atoms with Crippen molar-refractivity contribution < 1.29 is 22.7 Å². The van der Waals surface area contributed by atoms with E-state index in [0.29, 0.717) is 41.7 Å². The molecule has 1 aliphatic heterocycles. The monoisotopic (exact) mass is 543 g/mol. The molecule has 0 atom stereocenters. The van der Waals surface area contributed by atoms with E-state index in [1.54, 1.807) is 20.8 Å². The Bertz CT molecular complexity index is 1140. The van der Waals surface area contributed by atoms with Crippen molar-refractivity contribution in [3.63, 3.8) is 0 Å². The summed E-state index contributed by atoms with van der Waals surface area (Å²) in [5, 5.41) is 3.34. The summed E-state index contributed by atoms with van der Waals surface area (Å²) in [5.74, 6) is -0.842. The lowest BCUT2D eigenvalue weighted by Crippen LogP contribution is -2.35. The first-order valence-electron chi connectivity index (χ1n) is 11.6. The number of nitrogens with one attached hydrogen (secondary N) is 1. The van der Waals surface area contributed by atoms with Gasteiger partial charge in [0.05, 0.1) is 17.1 Å². The molecule has 11 heteroatoms. The van der Waals surface area contributed by atoms with Crippen LogP contribution >= 0.6 is 23.7 Å². The van der Waals surface area contributed by atoms with E-state index in [1.807, 2.05) is 0 Å². The zero-order valence-corrected chi connectivity index (χ0v) is 23.2. The summed E-state index contributed by atoms with van der Waals surface area (Å²) in [6.07, 6.45) is 0.714. The Morgan fingerprint density at radius 2 is 1.77 bits per heavy atom. The maximum Gasteiger partial charge on any atom is 0.341 e. The summed E-state index contributed by atoms with van der Waals surface area (Å²) in [4.78, 5) is 29.3. The number of fused-ring (bicyclic) bond motifs is 1. The Balaban J connectivity index is 0.00000432. The highest BCUT2D eigenvalue weighted by molar-refractivity contribution is 7.89. The molecule has 0 unspecified atom stereocenters. The number of ether oxygens (including phenoxy) is 1. The van der Waals surface area contributed by atoms with Crippen LogP contribution in [0.4, 0.5) is 5.00 Å². The summed E-state index contributed by atoms with van der Waals surface area (Å²) in [6, 6.07) is 6.24. The number of anilines is 1. The third kappa shape index (κ3) is 6.24. The standard InChI is InChI=1S/C24H33N3O5S2.ClH/c1-6-27(7-2)34(30,31)18-11-9-17(10-12-18)22(28)25-23-21(24(29)32-8-3)19-13-14-26(16(4)5)15-20(19)33-23;/h9-12,16H,6-8,13-15H2,1-5H3,(H,25,28);1H. The minimum Gasteiger partial charge on any atom is -0.462 e. The lowest BCUT2D eigenvalue weighted by atomic mass is 10.0. The van der Waals surface area contributed by atoms with Gasteiger partial charge in [-0.2, -0.15) is 4.31 Å². The van der Waals surface area contributed by atoms with E-state index in [4.69, 9.17) is 4.74 Å². The molecule has 1 amide bonds. The van der Waals surface area contributed by atoms with Crippen LogP contribution in [0, 0.1) is 0 Å². The van der Waals surface area contributed by atoms with Crippen molar-refractivity contribution in [1.82, 2.24) is 9.21 Å². The average Bonchev–Trinajstić information content (AvgIpc) is 3.16. The van der Waals surface area contributed by atoms with Gasteiger partial charge in [-0.05, 0) is 57.0 Å². The fourth-order valence-corrected chi connectivity index (χ4v) is 6.75. The van der Waals surface area contributed by atoms with Crippen molar-refractivity contribution in [1.29, 1.82) is 0 Å². The molecule has 8 nitrogen and oxygen atoms in total. The van der Waals surface area contributed by atoms with Gasteiger partial charge in [-0.3, -0.25) is 9.69 Å². The van der Waals surface area contributed by atoms with Gasteiger partial charge in [0.1, 0.15) is 5.00 Å². The molecule has 1 aliphatic rings. The number of amides is 1. The van der Waals surface area contributed by atoms with Crippen molar-refractivity contribution in [2.24, 2.45) is 0 Å². The number of benzene rings is 1. The van der Waals surface area contributed by atoms with Gasteiger partial charge in [0.15, 0.2) is 0 Å². The zero-order chi connectivity index (χ0) is 25.0. The summed E-state index contributed by atoms with van der Waals surface area (Å²) in [7, 11) is -3.60. The molecule has 1 N–H and O–H groups in total. The molecule has 1 aromatic carbocycles. The van der Waals surface area contributed by atoms with Crippen molar-refractivity contribution >= 4 is 50.6 Å². The first-order valence-corrected chi connectivity index (χ1v) is 13.9. The molecule has 1 aromatic heterocycles. The van der Waals surface area contributed by atoms with Crippen molar-refractivity contribution in [3.8, 4) is 0 Å². The zero-order valence-electron chi connectivity index (χ0n) is 20.8. The number of esters is 1. The molecule has 0 saturated heterocycles. The van der Waals surface area contributed by atoms with E-state index in [1.165, 1.54) is 39.9 Å². The molecule has 2 aromatic rings. The Labute approximate surface area is 218 Å². The van der Waals surface area contributed by atoms with E-state index in [-0.39, 0.29) is 23.9 Å². The molecule has 3 rings (SSSR count). The van der Waals surface area contributed by atoms with Crippen LogP contribution in [0.15, 0.2) is 29.2 Å². The number of halogens is 1. The molecule has 35 heavy (non-hydrogen) atoms. The largest absolute Gasteiger partial charge is 0.462 e. The number of carbonyl (C=O) groups excluding carboxylic acids is 2. The minimum absolute atomic E-state index is 0. The van der Waals surface area contributed by atoms with Crippen LogP contribution in [0.2, 0.25) is 0 Å². The lowest BCUT2D eigenvalue weighted by molar-refractivity contribution is 0.0526. The van der Waals surface area contributed by atoms with Crippen LogP contribution in [-0.2, 0) is 27.7 Å².